The lowest BCUT2D eigenvalue weighted by atomic mass is 9.79. The number of aromatic nitrogens is 2. The highest BCUT2D eigenvalue weighted by molar-refractivity contribution is 5.95. The van der Waals surface area contributed by atoms with Crippen molar-refractivity contribution >= 4 is 17.8 Å². The van der Waals surface area contributed by atoms with Gasteiger partial charge in [0.2, 0.25) is 5.91 Å². The quantitative estimate of drug-likeness (QED) is 0.462. The minimum atomic E-state index is -3.06. The lowest BCUT2D eigenvalue weighted by molar-refractivity contribution is -0.185. The standard InChI is InChI=1S/C31H35F2N5O4/c1-19(2)27-35-29(42-36-27)37-14-11-30(12-15-37)31(32,33)17-24-16-22(9-10-25(24)41-30)20-5-7-21(8-6-20)28(40)38-13-3-4-23(18-38)26(34)39/h5-10,16,19,23H,3-4,11-15,17-18H2,1-2H3,(H2,34,39). The summed E-state index contributed by atoms with van der Waals surface area (Å²) >= 11 is 0. The van der Waals surface area contributed by atoms with Crippen LogP contribution in [0.15, 0.2) is 47.0 Å². The molecule has 4 heterocycles. The molecule has 2 amide bonds. The van der Waals surface area contributed by atoms with E-state index in [2.05, 4.69) is 10.1 Å². The van der Waals surface area contributed by atoms with Crippen LogP contribution < -0.4 is 15.4 Å². The number of primary amides is 1. The highest BCUT2D eigenvalue weighted by Crippen LogP contribution is 2.49. The number of hydrogen-bond acceptors (Lipinski definition) is 7. The molecule has 11 heteroatoms. The normalized spacial score (nSPS) is 21.2. The maximum absolute atomic E-state index is 15.7. The zero-order valence-electron chi connectivity index (χ0n) is 23.8. The molecule has 9 nitrogen and oxygen atoms in total. The molecule has 1 unspecified atom stereocenters. The summed E-state index contributed by atoms with van der Waals surface area (Å²) < 4.78 is 42.9. The fourth-order valence-electron chi connectivity index (χ4n) is 6.18. The van der Waals surface area contributed by atoms with Crippen LogP contribution in [0, 0.1) is 5.92 Å². The summed E-state index contributed by atoms with van der Waals surface area (Å²) in [6, 6.07) is 12.8. The number of carbonyl (C=O) groups excluding carboxylic acids is 2. The Labute approximate surface area is 243 Å². The van der Waals surface area contributed by atoms with E-state index in [9.17, 15) is 9.59 Å². The van der Waals surface area contributed by atoms with Crippen molar-refractivity contribution in [1.29, 1.82) is 0 Å². The average molecular weight is 580 g/mol. The second-order valence-corrected chi connectivity index (χ2v) is 11.9. The summed E-state index contributed by atoms with van der Waals surface area (Å²) in [4.78, 5) is 32.5. The van der Waals surface area contributed by atoms with Gasteiger partial charge >= 0.3 is 6.01 Å². The minimum Gasteiger partial charge on any atom is -0.481 e. The molecule has 2 N–H and O–H groups in total. The fourth-order valence-corrected chi connectivity index (χ4v) is 6.18. The number of fused-ring (bicyclic) bond motifs is 1. The first-order chi connectivity index (χ1) is 20.0. The van der Waals surface area contributed by atoms with Crippen LogP contribution in [0.25, 0.3) is 11.1 Å². The van der Waals surface area contributed by atoms with E-state index in [0.29, 0.717) is 61.3 Å². The first-order valence-corrected chi connectivity index (χ1v) is 14.5. The molecule has 3 aliphatic heterocycles. The van der Waals surface area contributed by atoms with Gasteiger partial charge in [0.1, 0.15) is 5.75 Å². The SMILES string of the molecule is CC(C)c1noc(N2CCC3(CC2)Oc2ccc(-c4ccc(C(=O)N5CCCC(C(N)=O)C5)cc4)cc2CC3(F)F)n1. The van der Waals surface area contributed by atoms with E-state index in [1.54, 1.807) is 29.2 Å². The fraction of sp³-hybridized carbons (Fsp3) is 0.484. The van der Waals surface area contributed by atoms with E-state index in [1.807, 2.05) is 36.9 Å². The summed E-state index contributed by atoms with van der Waals surface area (Å²) in [5, 5.41) is 3.99. The Bertz CT molecular complexity index is 1480. The molecule has 222 valence electrons. The van der Waals surface area contributed by atoms with Crippen molar-refractivity contribution in [2.24, 2.45) is 11.7 Å². The van der Waals surface area contributed by atoms with Gasteiger partial charge in [-0.15, -0.1) is 0 Å². The summed E-state index contributed by atoms with van der Waals surface area (Å²) in [7, 11) is 0. The van der Waals surface area contributed by atoms with Crippen LogP contribution in [0.4, 0.5) is 14.8 Å². The summed E-state index contributed by atoms with van der Waals surface area (Å²) in [6.45, 7) is 5.49. The minimum absolute atomic E-state index is 0.115. The van der Waals surface area contributed by atoms with Crippen LogP contribution in [0.3, 0.4) is 0 Å². The van der Waals surface area contributed by atoms with Crippen molar-refractivity contribution in [3.63, 3.8) is 0 Å². The molecule has 0 aliphatic carbocycles. The number of amides is 2. The number of benzene rings is 2. The van der Waals surface area contributed by atoms with E-state index >= 15 is 8.78 Å². The zero-order chi connectivity index (χ0) is 29.6. The molecule has 1 spiro atoms. The maximum atomic E-state index is 15.7. The molecule has 3 aliphatic rings. The second kappa shape index (κ2) is 10.7. The number of carbonyl (C=O) groups is 2. The molecule has 3 aromatic rings. The molecule has 42 heavy (non-hydrogen) atoms. The molecule has 1 atom stereocenters. The van der Waals surface area contributed by atoms with E-state index in [4.69, 9.17) is 15.0 Å². The molecule has 2 fully saturated rings. The number of halogens is 2. The van der Waals surface area contributed by atoms with E-state index in [0.717, 1.165) is 17.5 Å². The third-order valence-electron chi connectivity index (χ3n) is 8.81. The summed E-state index contributed by atoms with van der Waals surface area (Å²) in [5.74, 6) is -2.74. The van der Waals surface area contributed by atoms with Crippen LogP contribution in [0.5, 0.6) is 5.75 Å². The highest BCUT2D eigenvalue weighted by atomic mass is 19.3. The van der Waals surface area contributed by atoms with Crippen LogP contribution in [-0.4, -0.2) is 64.6 Å². The number of likely N-dealkylation sites (tertiary alicyclic amines) is 1. The smallest absolute Gasteiger partial charge is 0.324 e. The topological polar surface area (TPSA) is 115 Å². The van der Waals surface area contributed by atoms with Gasteiger partial charge in [0, 0.05) is 62.5 Å². The second-order valence-electron chi connectivity index (χ2n) is 11.9. The molecule has 1 aromatic heterocycles. The Kier molecular flexibility index (Phi) is 7.14. The summed E-state index contributed by atoms with van der Waals surface area (Å²) in [5.41, 5.74) is 6.39. The maximum Gasteiger partial charge on any atom is 0.324 e. The van der Waals surface area contributed by atoms with Gasteiger partial charge in [0.25, 0.3) is 11.8 Å². The van der Waals surface area contributed by atoms with E-state index in [1.165, 1.54) is 0 Å². The van der Waals surface area contributed by atoms with Crippen LogP contribution in [0.2, 0.25) is 0 Å². The first kappa shape index (κ1) is 28.1. The number of piperidine rings is 2. The molecule has 0 bridgehead atoms. The number of hydrogen-bond donors (Lipinski definition) is 1. The Morgan fingerprint density at radius 2 is 1.76 bits per heavy atom. The molecule has 0 saturated carbocycles. The zero-order valence-corrected chi connectivity index (χ0v) is 23.8. The molecular weight excluding hydrogens is 544 g/mol. The van der Waals surface area contributed by atoms with Gasteiger partial charge in [-0.1, -0.05) is 37.2 Å². The van der Waals surface area contributed by atoms with Gasteiger partial charge in [-0.05, 0) is 48.2 Å². The van der Waals surface area contributed by atoms with Gasteiger partial charge in [-0.3, -0.25) is 9.59 Å². The Morgan fingerprint density at radius 3 is 2.43 bits per heavy atom. The van der Waals surface area contributed by atoms with Crippen molar-refractivity contribution < 1.29 is 27.6 Å². The largest absolute Gasteiger partial charge is 0.481 e. The number of anilines is 1. The Balaban J connectivity index is 1.15. The number of nitrogens with zero attached hydrogens (tertiary/aromatic N) is 4. The van der Waals surface area contributed by atoms with Crippen LogP contribution in [0.1, 0.15) is 67.2 Å². The predicted molar refractivity (Wildman–Crippen MR) is 152 cm³/mol. The van der Waals surface area contributed by atoms with Crippen LogP contribution >= 0.6 is 0 Å². The number of rotatable bonds is 5. The number of ether oxygens (including phenoxy) is 1. The van der Waals surface area contributed by atoms with Gasteiger partial charge < -0.3 is 24.8 Å². The molecular formula is C31H35F2N5O4. The number of alkyl halides is 2. The average Bonchev–Trinajstić information content (AvgIpc) is 3.48. The van der Waals surface area contributed by atoms with E-state index < -0.39 is 17.9 Å². The van der Waals surface area contributed by atoms with Gasteiger partial charge in [0.05, 0.1) is 5.92 Å². The lowest BCUT2D eigenvalue weighted by Gasteiger charge is -2.48. The predicted octanol–water partition coefficient (Wildman–Crippen LogP) is 4.81. The number of nitrogens with two attached hydrogens (primary N) is 1. The Morgan fingerprint density at radius 1 is 1.05 bits per heavy atom. The highest BCUT2D eigenvalue weighted by Gasteiger charge is 2.59. The van der Waals surface area contributed by atoms with Crippen molar-refractivity contribution in [2.75, 3.05) is 31.1 Å². The summed E-state index contributed by atoms with van der Waals surface area (Å²) in [6.07, 6.45) is 1.27. The van der Waals surface area contributed by atoms with Crippen molar-refractivity contribution in [3.8, 4) is 16.9 Å². The van der Waals surface area contributed by atoms with Gasteiger partial charge in [0.15, 0.2) is 11.4 Å². The third-order valence-corrected chi connectivity index (χ3v) is 8.81. The molecule has 2 aromatic carbocycles. The van der Waals surface area contributed by atoms with Crippen molar-refractivity contribution in [3.05, 3.63) is 59.4 Å². The molecule has 6 rings (SSSR count). The lowest BCUT2D eigenvalue weighted by Crippen LogP contribution is -2.61. The monoisotopic (exact) mass is 579 g/mol. The van der Waals surface area contributed by atoms with E-state index in [-0.39, 0.29) is 36.5 Å². The molecule has 2 saturated heterocycles. The van der Waals surface area contributed by atoms with Gasteiger partial charge in [-0.2, -0.15) is 4.98 Å². The van der Waals surface area contributed by atoms with Crippen molar-refractivity contribution in [2.45, 2.75) is 63.4 Å². The molecule has 0 radical (unpaired) electrons. The Hall–Kier alpha value is -4.02. The van der Waals surface area contributed by atoms with Crippen LogP contribution in [-0.2, 0) is 11.2 Å². The van der Waals surface area contributed by atoms with Gasteiger partial charge in [-0.25, -0.2) is 8.78 Å². The van der Waals surface area contributed by atoms with Crippen molar-refractivity contribution in [1.82, 2.24) is 15.0 Å². The third kappa shape index (κ3) is 5.09. The first-order valence-electron chi connectivity index (χ1n) is 14.5.